The van der Waals surface area contributed by atoms with Gasteiger partial charge in [-0.2, -0.15) is 0 Å². The van der Waals surface area contributed by atoms with Crippen molar-refractivity contribution in [2.24, 2.45) is 10.8 Å². The second kappa shape index (κ2) is 16.7. The minimum atomic E-state index is -0.337. The second-order valence-electron chi connectivity index (χ2n) is 13.0. The first kappa shape index (κ1) is 38.7. The van der Waals surface area contributed by atoms with Gasteiger partial charge in [0.1, 0.15) is 5.76 Å². The van der Waals surface area contributed by atoms with Crippen LogP contribution in [-0.4, -0.2) is 15.9 Å². The molecule has 239 valence electrons. The predicted octanol–water partition coefficient (Wildman–Crippen LogP) is 11.6. The standard InChI is InChI=1S/C24H28N.C15H28O2.Ir/c1-7-18(6)22-13-19-8-9-25-24(23(19)14-21(22)15(2)3)20-11-16(4)10-17(5)12-20;1-7-14(5,8-2)12(16)11-13(17)15(6,9-3)10-4;/h8-11,13-15,18H,7H2,1-6H3;11,16H,7-10H2,1-6H3;/q-1;;. The van der Waals surface area contributed by atoms with Crippen molar-refractivity contribution in [3.05, 3.63) is 76.7 Å². The van der Waals surface area contributed by atoms with Crippen molar-refractivity contribution >= 4 is 16.6 Å². The molecule has 0 amide bonds. The van der Waals surface area contributed by atoms with Gasteiger partial charge in [-0.3, -0.25) is 4.79 Å². The van der Waals surface area contributed by atoms with E-state index in [1.165, 1.54) is 33.5 Å². The van der Waals surface area contributed by atoms with Gasteiger partial charge in [0, 0.05) is 43.2 Å². The van der Waals surface area contributed by atoms with Gasteiger partial charge in [0.15, 0.2) is 5.78 Å². The van der Waals surface area contributed by atoms with Gasteiger partial charge in [0.25, 0.3) is 0 Å². The molecule has 1 N–H and O–H groups in total. The fourth-order valence-corrected chi connectivity index (χ4v) is 5.32. The summed E-state index contributed by atoms with van der Waals surface area (Å²) in [7, 11) is 0. The van der Waals surface area contributed by atoms with Gasteiger partial charge in [0.05, 0.1) is 0 Å². The Morgan fingerprint density at radius 3 is 1.98 bits per heavy atom. The van der Waals surface area contributed by atoms with Gasteiger partial charge in [-0.25, -0.2) is 0 Å². The largest absolute Gasteiger partial charge is 0.512 e. The summed E-state index contributed by atoms with van der Waals surface area (Å²) in [5.74, 6) is 1.37. The second-order valence-corrected chi connectivity index (χ2v) is 13.0. The molecule has 1 atom stereocenters. The maximum atomic E-state index is 12.2. The van der Waals surface area contributed by atoms with E-state index in [0.717, 1.165) is 48.9 Å². The van der Waals surface area contributed by atoms with Crippen LogP contribution >= 0.6 is 0 Å². The third kappa shape index (κ3) is 9.35. The number of hydrogen-bond donors (Lipinski definition) is 1. The molecule has 43 heavy (non-hydrogen) atoms. The van der Waals surface area contributed by atoms with Gasteiger partial charge < -0.3 is 10.1 Å². The topological polar surface area (TPSA) is 50.2 Å². The van der Waals surface area contributed by atoms with Crippen molar-refractivity contribution in [1.82, 2.24) is 4.98 Å². The van der Waals surface area contributed by atoms with Gasteiger partial charge in [0.2, 0.25) is 0 Å². The van der Waals surface area contributed by atoms with Crippen LogP contribution in [0.5, 0.6) is 0 Å². The van der Waals surface area contributed by atoms with Crippen LogP contribution in [0, 0.1) is 30.7 Å². The number of pyridine rings is 1. The van der Waals surface area contributed by atoms with E-state index in [4.69, 9.17) is 4.98 Å². The molecule has 0 aliphatic rings. The van der Waals surface area contributed by atoms with Crippen molar-refractivity contribution in [2.45, 2.75) is 127 Å². The van der Waals surface area contributed by atoms with Crippen molar-refractivity contribution in [3.63, 3.8) is 0 Å². The van der Waals surface area contributed by atoms with Gasteiger partial charge in [-0.05, 0) is 77.6 Å². The average Bonchev–Trinajstić information content (AvgIpc) is 2.98. The van der Waals surface area contributed by atoms with E-state index in [2.05, 4.69) is 77.9 Å². The molecule has 3 aromatic rings. The third-order valence-electron chi connectivity index (χ3n) is 9.74. The van der Waals surface area contributed by atoms with E-state index in [-0.39, 0.29) is 42.5 Å². The van der Waals surface area contributed by atoms with E-state index in [9.17, 15) is 9.90 Å². The van der Waals surface area contributed by atoms with Gasteiger partial charge in [-0.15, -0.1) is 34.9 Å². The number of hydrogen-bond acceptors (Lipinski definition) is 3. The maximum Gasteiger partial charge on any atom is 0.164 e. The van der Waals surface area contributed by atoms with Crippen molar-refractivity contribution in [2.75, 3.05) is 0 Å². The molecule has 0 spiro atoms. The number of carbonyl (C=O) groups excluding carboxylic acids is 1. The van der Waals surface area contributed by atoms with Crippen LogP contribution in [0.2, 0.25) is 0 Å². The fraction of sp³-hybridized carbons (Fsp3) is 0.538. The zero-order chi connectivity index (χ0) is 31.8. The number of ketones is 1. The molecule has 0 aliphatic carbocycles. The molecule has 2 aromatic carbocycles. The molecule has 0 saturated heterocycles. The minimum Gasteiger partial charge on any atom is -0.512 e. The Kier molecular flexibility index (Phi) is 15.0. The number of aliphatic hydroxyl groups is 1. The molecule has 0 saturated carbocycles. The van der Waals surface area contributed by atoms with Crippen LogP contribution in [0.1, 0.15) is 135 Å². The first-order valence-electron chi connectivity index (χ1n) is 16.1. The zero-order valence-corrected chi connectivity index (χ0v) is 31.3. The number of carbonyl (C=O) groups is 1. The molecule has 1 heterocycles. The molecule has 3 nitrogen and oxygen atoms in total. The smallest absolute Gasteiger partial charge is 0.164 e. The molecule has 0 aliphatic heterocycles. The Balaban J connectivity index is 0.000000455. The van der Waals surface area contributed by atoms with Crippen LogP contribution in [0.15, 0.2) is 48.4 Å². The summed E-state index contributed by atoms with van der Waals surface area (Å²) in [6.45, 7) is 25.5. The first-order chi connectivity index (χ1) is 19.7. The zero-order valence-electron chi connectivity index (χ0n) is 28.9. The van der Waals surface area contributed by atoms with Crippen LogP contribution in [0.4, 0.5) is 0 Å². The third-order valence-corrected chi connectivity index (χ3v) is 9.74. The average molecular weight is 763 g/mol. The number of aromatic nitrogens is 1. The van der Waals surface area contributed by atoms with Crippen molar-refractivity contribution in [1.29, 1.82) is 0 Å². The van der Waals surface area contributed by atoms with Crippen LogP contribution in [-0.2, 0) is 24.9 Å². The van der Waals surface area contributed by atoms with Crippen molar-refractivity contribution in [3.8, 4) is 11.3 Å². The van der Waals surface area contributed by atoms with E-state index >= 15 is 0 Å². The van der Waals surface area contributed by atoms with Gasteiger partial charge >= 0.3 is 0 Å². The van der Waals surface area contributed by atoms with Crippen LogP contribution in [0.3, 0.4) is 0 Å². The Bertz CT molecular complexity index is 1360. The molecular weight excluding hydrogens is 707 g/mol. The number of benzene rings is 2. The van der Waals surface area contributed by atoms with Gasteiger partial charge in [-0.1, -0.05) is 95.2 Å². The summed E-state index contributed by atoms with van der Waals surface area (Å²) >= 11 is 0. The quantitative estimate of drug-likeness (QED) is 0.120. The fourth-order valence-electron chi connectivity index (χ4n) is 5.32. The summed E-state index contributed by atoms with van der Waals surface area (Å²) in [6.07, 6.45) is 7.84. The Morgan fingerprint density at radius 1 is 0.907 bits per heavy atom. The molecule has 3 rings (SSSR count). The molecule has 1 unspecified atom stereocenters. The SMILES string of the molecule is CCC(C)(CC)C(=O)C=C(O)C(C)(CC)CC.CCC(C)c1cc2ccnc(-c3[c-]c(C)cc(C)c3)c2cc1C(C)C.[Ir]. The Morgan fingerprint density at radius 2 is 1.49 bits per heavy atom. The Labute approximate surface area is 276 Å². The Hall–Kier alpha value is -2.29. The van der Waals surface area contributed by atoms with Crippen molar-refractivity contribution < 1.29 is 30.0 Å². The molecule has 1 radical (unpaired) electrons. The molecular formula is C39H56IrNO2-. The molecule has 4 heteroatoms. The predicted molar refractivity (Wildman–Crippen MR) is 181 cm³/mol. The number of fused-ring (bicyclic) bond motifs is 1. The number of allylic oxidation sites excluding steroid dienone is 2. The van der Waals surface area contributed by atoms with E-state index < -0.39 is 0 Å². The number of aliphatic hydroxyl groups excluding tert-OH is 1. The monoisotopic (exact) mass is 763 g/mol. The molecule has 1 aromatic heterocycles. The number of rotatable bonds is 11. The molecule has 0 bridgehead atoms. The summed E-state index contributed by atoms with van der Waals surface area (Å²) in [5, 5.41) is 12.6. The first-order valence-corrected chi connectivity index (χ1v) is 16.1. The van der Waals surface area contributed by atoms with E-state index in [0.29, 0.717) is 11.8 Å². The van der Waals surface area contributed by atoms with E-state index in [1.807, 2.05) is 47.7 Å². The summed E-state index contributed by atoms with van der Waals surface area (Å²) in [5.41, 5.74) is 6.87. The number of aryl methyl sites for hydroxylation is 2. The summed E-state index contributed by atoms with van der Waals surface area (Å²) < 4.78 is 0. The van der Waals surface area contributed by atoms with E-state index in [1.54, 1.807) is 0 Å². The number of nitrogens with zero attached hydrogens (tertiary/aromatic N) is 1. The van der Waals surface area contributed by atoms with Crippen LogP contribution < -0.4 is 0 Å². The van der Waals surface area contributed by atoms with Crippen LogP contribution in [0.25, 0.3) is 22.0 Å². The maximum absolute atomic E-state index is 12.2. The molecule has 0 fully saturated rings. The normalized spacial score (nSPS) is 12.9. The minimum absolute atomic E-state index is 0. The summed E-state index contributed by atoms with van der Waals surface area (Å²) in [6, 6.07) is 14.7. The summed E-state index contributed by atoms with van der Waals surface area (Å²) in [4.78, 5) is 16.9.